The molecular formula is C47H39N7O2S3. The first-order valence-corrected chi connectivity index (χ1v) is 21.0. The third-order valence-corrected chi connectivity index (χ3v) is 12.5. The number of hydrogen-bond acceptors (Lipinski definition) is 9. The maximum atomic E-state index is 13.1. The topological polar surface area (TPSA) is 130 Å². The molecule has 292 valence electrons. The molecule has 5 aromatic rings. The number of nitrogens with zero attached hydrogens (tertiary/aromatic N) is 7. The highest BCUT2D eigenvalue weighted by Crippen LogP contribution is 2.45. The molecule has 0 bridgehead atoms. The Labute approximate surface area is 356 Å². The van der Waals surface area contributed by atoms with Crippen LogP contribution >= 0.6 is 34.0 Å². The lowest BCUT2D eigenvalue weighted by atomic mass is 9.85. The summed E-state index contributed by atoms with van der Waals surface area (Å²) >= 11 is 4.34. The molecule has 0 fully saturated rings. The lowest BCUT2D eigenvalue weighted by Gasteiger charge is -2.27. The maximum absolute atomic E-state index is 13.1. The average Bonchev–Trinajstić information content (AvgIpc) is 3.89. The summed E-state index contributed by atoms with van der Waals surface area (Å²) in [6.45, 7) is 29.1. The first kappa shape index (κ1) is 43.4. The van der Waals surface area contributed by atoms with Gasteiger partial charge in [-0.25, -0.2) is 14.7 Å². The van der Waals surface area contributed by atoms with E-state index in [1.807, 2.05) is 126 Å². The average molecular weight is 830 g/mol. The standard InChI is InChI=1S/C25H14N4S2.C22H25N3O2S/c1-16-23(28-2)22(17-9-5-3-6-10-17)20(30-16)13-21-24(18-11-7-4-8-12-18)29-25(31-21)19(14-26)15-27;1-8-9-10-25-20(26)15(13(2)16(12-23)21(25)27)11-17-18(22(4,5)6)19(24-7)14(3)28-17/h3-13H,1H3;11H,8-10H2,1-6H3/b21-13-;15-11-. The number of rotatable bonds is 7. The smallest absolute Gasteiger partial charge is 0.271 e. The molecule has 0 radical (unpaired) electrons. The number of amides is 2. The van der Waals surface area contributed by atoms with Gasteiger partial charge in [0.15, 0.2) is 5.57 Å². The second-order valence-electron chi connectivity index (χ2n) is 14.5. The van der Waals surface area contributed by atoms with Crippen molar-refractivity contribution in [2.24, 2.45) is 0 Å². The van der Waals surface area contributed by atoms with Gasteiger partial charge in [0.1, 0.15) is 28.4 Å². The zero-order valence-corrected chi connectivity index (χ0v) is 36.2. The van der Waals surface area contributed by atoms with Crippen molar-refractivity contribution in [3.05, 3.63) is 134 Å². The minimum absolute atomic E-state index is 0.00526. The van der Waals surface area contributed by atoms with Gasteiger partial charge in [-0.05, 0) is 61.5 Å². The Bertz CT molecular complexity index is 2850. The van der Waals surface area contributed by atoms with E-state index in [1.54, 1.807) is 24.3 Å². The van der Waals surface area contributed by atoms with Crippen molar-refractivity contribution >= 4 is 74.9 Å². The van der Waals surface area contributed by atoms with Gasteiger partial charge in [-0.2, -0.15) is 38.5 Å². The van der Waals surface area contributed by atoms with Crippen LogP contribution in [0, 0.1) is 61.0 Å². The van der Waals surface area contributed by atoms with Crippen molar-refractivity contribution in [1.29, 1.82) is 15.8 Å². The zero-order valence-electron chi connectivity index (χ0n) is 33.7. The van der Waals surface area contributed by atoms with E-state index in [0.29, 0.717) is 40.1 Å². The number of thiazole rings is 1. The Morgan fingerprint density at radius 2 is 1.39 bits per heavy atom. The van der Waals surface area contributed by atoms with Crippen LogP contribution < -0.4 is 9.20 Å². The van der Waals surface area contributed by atoms with Crippen LogP contribution in [0.1, 0.15) is 72.5 Å². The summed E-state index contributed by atoms with van der Waals surface area (Å²) in [7, 11) is 0. The number of aromatic nitrogens is 1. The van der Waals surface area contributed by atoms with Gasteiger partial charge in [-0.1, -0.05) is 94.8 Å². The minimum Gasteiger partial charge on any atom is -0.274 e. The predicted octanol–water partition coefficient (Wildman–Crippen LogP) is 10.7. The molecule has 3 aromatic heterocycles. The van der Waals surface area contributed by atoms with E-state index in [-0.39, 0.29) is 22.5 Å². The third-order valence-electron chi connectivity index (χ3n) is 9.43. The minimum atomic E-state index is -0.518. The Morgan fingerprint density at radius 1 is 0.814 bits per heavy atom. The van der Waals surface area contributed by atoms with Crippen molar-refractivity contribution in [2.45, 2.75) is 66.7 Å². The number of thiophene rings is 2. The normalized spacial score (nSPS) is 13.6. The quantitative estimate of drug-likeness (QED) is 0.0912. The van der Waals surface area contributed by atoms with Crippen LogP contribution in [0.3, 0.4) is 0 Å². The van der Waals surface area contributed by atoms with Crippen molar-refractivity contribution in [2.75, 3.05) is 6.54 Å². The lowest BCUT2D eigenvalue weighted by molar-refractivity contribution is -0.140. The summed E-state index contributed by atoms with van der Waals surface area (Å²) in [6.07, 6.45) is 5.31. The SMILES string of the molecule is [C-]#[N+]c1c(C)sc(/C=C2\C(=O)N(CCCC)C(=O)C(C#N)=C2C)c1C(C)(C)C.[C-]#[N+]c1c(C)sc(/C=c2\sc(=C(C#N)C#N)nc2-c2ccccc2)c1-c1ccccc1. The summed E-state index contributed by atoms with van der Waals surface area (Å²) < 4.78 is 1.24. The molecule has 0 unspecified atom stereocenters. The van der Waals surface area contributed by atoms with Gasteiger partial charge in [-0.3, -0.25) is 14.5 Å². The van der Waals surface area contributed by atoms with Crippen molar-refractivity contribution in [3.8, 4) is 40.6 Å². The van der Waals surface area contributed by atoms with E-state index < -0.39 is 5.91 Å². The number of aryl methyl sites for hydroxylation is 2. The molecule has 59 heavy (non-hydrogen) atoms. The van der Waals surface area contributed by atoms with Crippen LogP contribution in [0.4, 0.5) is 11.4 Å². The molecule has 0 atom stereocenters. The fraction of sp³-hybridized carbons (Fsp3) is 0.234. The molecule has 1 aliphatic heterocycles. The zero-order chi connectivity index (χ0) is 43.0. The van der Waals surface area contributed by atoms with Gasteiger partial charge < -0.3 is 0 Å². The van der Waals surface area contributed by atoms with Crippen LogP contribution in [0.15, 0.2) is 77.4 Å². The largest absolute Gasteiger partial charge is 0.274 e. The van der Waals surface area contributed by atoms with Crippen LogP contribution in [0.2, 0.25) is 0 Å². The Morgan fingerprint density at radius 3 is 1.93 bits per heavy atom. The van der Waals surface area contributed by atoms with Gasteiger partial charge in [-0.15, -0.1) is 11.3 Å². The van der Waals surface area contributed by atoms with Gasteiger partial charge in [0, 0.05) is 42.8 Å². The molecule has 0 spiro atoms. The Balaban J connectivity index is 0.000000226. The molecule has 6 rings (SSSR count). The van der Waals surface area contributed by atoms with E-state index in [9.17, 15) is 25.4 Å². The fourth-order valence-electron chi connectivity index (χ4n) is 6.55. The first-order chi connectivity index (χ1) is 28.2. The number of imide groups is 1. The second kappa shape index (κ2) is 18.7. The molecule has 0 saturated carbocycles. The summed E-state index contributed by atoms with van der Waals surface area (Å²) in [6, 6.07) is 25.4. The first-order valence-electron chi connectivity index (χ1n) is 18.6. The molecule has 2 aromatic carbocycles. The van der Waals surface area contributed by atoms with Gasteiger partial charge in [0.25, 0.3) is 11.8 Å². The highest BCUT2D eigenvalue weighted by molar-refractivity contribution is 7.14. The molecular weight excluding hydrogens is 791 g/mol. The van der Waals surface area contributed by atoms with Gasteiger partial charge in [0.05, 0.1) is 23.4 Å². The summed E-state index contributed by atoms with van der Waals surface area (Å²) in [4.78, 5) is 42.6. The molecule has 1 aliphatic rings. The van der Waals surface area contributed by atoms with E-state index >= 15 is 0 Å². The predicted molar refractivity (Wildman–Crippen MR) is 238 cm³/mol. The van der Waals surface area contributed by atoms with Crippen LogP contribution in [-0.2, 0) is 15.0 Å². The van der Waals surface area contributed by atoms with E-state index in [2.05, 4.69) is 14.7 Å². The van der Waals surface area contributed by atoms with Crippen molar-refractivity contribution in [3.63, 3.8) is 0 Å². The molecule has 4 heterocycles. The molecule has 2 amide bonds. The van der Waals surface area contributed by atoms with Crippen LogP contribution in [-0.4, -0.2) is 28.2 Å². The second-order valence-corrected chi connectivity index (χ2v) is 18.0. The summed E-state index contributed by atoms with van der Waals surface area (Å²) in [5.74, 6) is -0.888. The maximum Gasteiger partial charge on any atom is 0.271 e. The van der Waals surface area contributed by atoms with E-state index in [0.717, 1.165) is 58.4 Å². The number of unbranched alkanes of at least 4 members (excludes halogenated alkanes) is 1. The Kier molecular flexibility index (Phi) is 13.8. The van der Waals surface area contributed by atoms with E-state index in [1.165, 1.54) is 27.6 Å². The van der Waals surface area contributed by atoms with Gasteiger partial charge in [0.2, 0.25) is 11.4 Å². The van der Waals surface area contributed by atoms with E-state index in [4.69, 9.17) is 13.1 Å². The molecule has 0 aliphatic carbocycles. The van der Waals surface area contributed by atoms with Crippen LogP contribution in [0.5, 0.6) is 0 Å². The third kappa shape index (κ3) is 9.05. The highest BCUT2D eigenvalue weighted by atomic mass is 32.1. The molecule has 9 nitrogen and oxygen atoms in total. The molecule has 12 heteroatoms. The number of carbonyl (C=O) groups excluding carboxylic acids is 2. The molecule has 0 N–H and O–H groups in total. The number of nitriles is 3. The summed E-state index contributed by atoms with van der Waals surface area (Å²) in [5.41, 5.74) is 6.17. The monoisotopic (exact) mass is 829 g/mol. The Hall–Kier alpha value is -6.72. The fourth-order valence-corrected chi connectivity index (χ4v) is 9.93. The number of carbonyl (C=O) groups is 2. The number of hydrogen-bond donors (Lipinski definition) is 0. The summed E-state index contributed by atoms with van der Waals surface area (Å²) in [5, 5.41) is 28.1. The molecule has 0 saturated heterocycles. The van der Waals surface area contributed by atoms with Crippen molar-refractivity contribution < 1.29 is 9.59 Å². The van der Waals surface area contributed by atoms with Gasteiger partial charge >= 0.3 is 0 Å². The number of benzene rings is 2. The van der Waals surface area contributed by atoms with Crippen molar-refractivity contribution in [1.82, 2.24) is 9.88 Å². The highest BCUT2D eigenvalue weighted by Gasteiger charge is 2.36. The van der Waals surface area contributed by atoms with Crippen LogP contribution in [0.25, 0.3) is 49.8 Å². The lowest BCUT2D eigenvalue weighted by Crippen LogP contribution is -2.43.